The molecule has 4 heteroatoms. The number of urea groups is 1. The molecule has 2 amide bonds. The highest BCUT2D eigenvalue weighted by molar-refractivity contribution is 5.74. The molecular formula is C9H18N2O2. The minimum Gasteiger partial charge on any atom is -0.376 e. The predicted molar refractivity (Wildman–Crippen MR) is 50.6 cm³/mol. The van der Waals surface area contributed by atoms with Gasteiger partial charge in [-0.25, -0.2) is 4.79 Å². The summed E-state index contributed by atoms with van der Waals surface area (Å²) in [4.78, 5) is 11.2. The van der Waals surface area contributed by atoms with Crippen LogP contribution in [0.25, 0.3) is 0 Å². The highest BCUT2D eigenvalue weighted by Crippen LogP contribution is 2.11. The Labute approximate surface area is 79.0 Å². The van der Waals surface area contributed by atoms with Gasteiger partial charge in [-0.3, -0.25) is 0 Å². The lowest BCUT2D eigenvalue weighted by Gasteiger charge is -2.16. The van der Waals surface area contributed by atoms with Crippen molar-refractivity contribution in [3.8, 4) is 0 Å². The molecule has 1 aliphatic rings. The molecule has 1 fully saturated rings. The lowest BCUT2D eigenvalue weighted by atomic mass is 10.2. The van der Waals surface area contributed by atoms with Crippen molar-refractivity contribution in [2.75, 3.05) is 13.2 Å². The average Bonchev–Trinajstić information content (AvgIpc) is 2.48. The van der Waals surface area contributed by atoms with Crippen LogP contribution in [0.15, 0.2) is 0 Å². The fourth-order valence-electron chi connectivity index (χ4n) is 1.38. The molecule has 0 radical (unpaired) electrons. The summed E-state index contributed by atoms with van der Waals surface area (Å²) in [7, 11) is 0. The molecule has 1 saturated heterocycles. The van der Waals surface area contributed by atoms with Crippen molar-refractivity contribution in [3.05, 3.63) is 0 Å². The highest BCUT2D eigenvalue weighted by atomic mass is 16.5. The number of hydrogen-bond acceptors (Lipinski definition) is 2. The molecule has 0 aromatic heterocycles. The van der Waals surface area contributed by atoms with Crippen LogP contribution in [0.3, 0.4) is 0 Å². The maximum Gasteiger partial charge on any atom is 0.315 e. The quantitative estimate of drug-likeness (QED) is 0.687. The third-order valence-electron chi connectivity index (χ3n) is 2.23. The number of carbonyl (C=O) groups excluding carboxylic acids is 1. The SMILES string of the molecule is CCCNC(=O)N[C@@H]1CCO[C@@H]1C. The molecular weight excluding hydrogens is 168 g/mol. The molecule has 1 heterocycles. The van der Waals surface area contributed by atoms with Gasteiger partial charge in [-0.15, -0.1) is 0 Å². The van der Waals surface area contributed by atoms with Crippen LogP contribution in [0.5, 0.6) is 0 Å². The molecule has 0 aromatic rings. The zero-order chi connectivity index (χ0) is 9.68. The van der Waals surface area contributed by atoms with Crippen LogP contribution in [0.2, 0.25) is 0 Å². The fraction of sp³-hybridized carbons (Fsp3) is 0.889. The first-order valence-corrected chi connectivity index (χ1v) is 4.90. The minimum absolute atomic E-state index is 0.0794. The van der Waals surface area contributed by atoms with E-state index in [-0.39, 0.29) is 18.2 Å². The summed E-state index contributed by atoms with van der Waals surface area (Å²) in [5.41, 5.74) is 0. The van der Waals surface area contributed by atoms with Crippen molar-refractivity contribution < 1.29 is 9.53 Å². The second-order valence-corrected chi connectivity index (χ2v) is 3.37. The second kappa shape index (κ2) is 5.07. The smallest absolute Gasteiger partial charge is 0.315 e. The third-order valence-corrected chi connectivity index (χ3v) is 2.23. The summed E-state index contributed by atoms with van der Waals surface area (Å²) in [6.45, 7) is 5.49. The Morgan fingerprint density at radius 1 is 1.62 bits per heavy atom. The van der Waals surface area contributed by atoms with E-state index in [2.05, 4.69) is 10.6 Å². The molecule has 4 nitrogen and oxygen atoms in total. The van der Waals surface area contributed by atoms with Crippen LogP contribution in [0.1, 0.15) is 26.7 Å². The molecule has 0 saturated carbocycles. The van der Waals surface area contributed by atoms with E-state index >= 15 is 0 Å². The van der Waals surface area contributed by atoms with Gasteiger partial charge in [0, 0.05) is 13.2 Å². The van der Waals surface area contributed by atoms with E-state index in [9.17, 15) is 4.79 Å². The van der Waals surface area contributed by atoms with Gasteiger partial charge < -0.3 is 15.4 Å². The molecule has 0 unspecified atom stereocenters. The summed E-state index contributed by atoms with van der Waals surface area (Å²) in [5, 5.41) is 5.66. The summed E-state index contributed by atoms with van der Waals surface area (Å²) in [6.07, 6.45) is 2.03. The van der Waals surface area contributed by atoms with E-state index < -0.39 is 0 Å². The summed E-state index contributed by atoms with van der Waals surface area (Å²) in [6, 6.07) is 0.0982. The van der Waals surface area contributed by atoms with Gasteiger partial charge in [0.05, 0.1) is 12.1 Å². The lowest BCUT2D eigenvalue weighted by Crippen LogP contribution is -2.45. The monoisotopic (exact) mass is 186 g/mol. The number of hydrogen-bond donors (Lipinski definition) is 2. The number of ether oxygens (including phenoxy) is 1. The van der Waals surface area contributed by atoms with Crippen molar-refractivity contribution in [1.29, 1.82) is 0 Å². The maximum absolute atomic E-state index is 11.2. The van der Waals surface area contributed by atoms with E-state index in [1.165, 1.54) is 0 Å². The van der Waals surface area contributed by atoms with Crippen LogP contribution in [-0.4, -0.2) is 31.3 Å². The van der Waals surface area contributed by atoms with Crippen LogP contribution < -0.4 is 10.6 Å². The molecule has 2 atom stereocenters. The Morgan fingerprint density at radius 2 is 2.38 bits per heavy atom. The second-order valence-electron chi connectivity index (χ2n) is 3.37. The first-order valence-electron chi connectivity index (χ1n) is 4.90. The van der Waals surface area contributed by atoms with Gasteiger partial charge in [0.25, 0.3) is 0 Å². The van der Waals surface area contributed by atoms with Crippen LogP contribution >= 0.6 is 0 Å². The molecule has 2 N–H and O–H groups in total. The molecule has 0 aliphatic carbocycles. The van der Waals surface area contributed by atoms with E-state index in [0.29, 0.717) is 0 Å². The number of rotatable bonds is 3. The molecule has 1 rings (SSSR count). The zero-order valence-corrected chi connectivity index (χ0v) is 8.30. The molecule has 0 spiro atoms. The first kappa shape index (κ1) is 10.3. The van der Waals surface area contributed by atoms with Crippen LogP contribution in [0, 0.1) is 0 Å². The summed E-state index contributed by atoms with van der Waals surface area (Å²) >= 11 is 0. The Hall–Kier alpha value is -0.770. The van der Waals surface area contributed by atoms with Gasteiger partial charge in [-0.1, -0.05) is 6.92 Å². The van der Waals surface area contributed by atoms with Crippen LogP contribution in [-0.2, 0) is 4.74 Å². The van der Waals surface area contributed by atoms with Gasteiger partial charge in [0.2, 0.25) is 0 Å². The Morgan fingerprint density at radius 3 is 2.92 bits per heavy atom. The van der Waals surface area contributed by atoms with Crippen molar-refractivity contribution in [3.63, 3.8) is 0 Å². The van der Waals surface area contributed by atoms with Crippen molar-refractivity contribution in [2.45, 2.75) is 38.8 Å². The number of carbonyl (C=O) groups is 1. The van der Waals surface area contributed by atoms with Crippen molar-refractivity contribution >= 4 is 6.03 Å². The topological polar surface area (TPSA) is 50.4 Å². The molecule has 13 heavy (non-hydrogen) atoms. The molecule has 1 aliphatic heterocycles. The Kier molecular flexibility index (Phi) is 4.02. The Bertz CT molecular complexity index is 173. The normalized spacial score (nSPS) is 27.2. The summed E-state index contributed by atoms with van der Waals surface area (Å²) in [5.74, 6) is 0. The zero-order valence-electron chi connectivity index (χ0n) is 8.30. The number of nitrogens with one attached hydrogen (secondary N) is 2. The van der Waals surface area contributed by atoms with E-state index in [0.717, 1.165) is 26.0 Å². The Balaban J connectivity index is 2.19. The lowest BCUT2D eigenvalue weighted by molar-refractivity contribution is 0.114. The van der Waals surface area contributed by atoms with E-state index in [1.54, 1.807) is 0 Å². The van der Waals surface area contributed by atoms with Gasteiger partial charge in [0.15, 0.2) is 0 Å². The number of amides is 2. The average molecular weight is 186 g/mol. The molecule has 0 bridgehead atoms. The molecule has 0 aromatic carbocycles. The third kappa shape index (κ3) is 3.22. The van der Waals surface area contributed by atoms with Gasteiger partial charge >= 0.3 is 6.03 Å². The van der Waals surface area contributed by atoms with Gasteiger partial charge in [0.1, 0.15) is 0 Å². The van der Waals surface area contributed by atoms with Crippen molar-refractivity contribution in [1.82, 2.24) is 10.6 Å². The first-order chi connectivity index (χ1) is 6.24. The van der Waals surface area contributed by atoms with E-state index in [1.807, 2.05) is 13.8 Å². The fourth-order valence-corrected chi connectivity index (χ4v) is 1.38. The van der Waals surface area contributed by atoms with Crippen LogP contribution in [0.4, 0.5) is 4.79 Å². The summed E-state index contributed by atoms with van der Waals surface area (Å²) < 4.78 is 5.33. The highest BCUT2D eigenvalue weighted by Gasteiger charge is 2.25. The minimum atomic E-state index is -0.0794. The standard InChI is InChI=1S/C9H18N2O2/c1-3-5-10-9(12)11-8-4-6-13-7(8)2/h7-8H,3-6H2,1-2H3,(H2,10,11,12)/t7-,8-/m1/s1. The predicted octanol–water partition coefficient (Wildman–Crippen LogP) is 0.873. The van der Waals surface area contributed by atoms with Gasteiger partial charge in [-0.05, 0) is 19.8 Å². The van der Waals surface area contributed by atoms with Crippen molar-refractivity contribution in [2.24, 2.45) is 0 Å². The maximum atomic E-state index is 11.2. The molecule has 76 valence electrons. The van der Waals surface area contributed by atoms with Gasteiger partial charge in [-0.2, -0.15) is 0 Å². The van der Waals surface area contributed by atoms with E-state index in [4.69, 9.17) is 4.74 Å². The largest absolute Gasteiger partial charge is 0.376 e.